The molecule has 0 unspecified atom stereocenters. The molecule has 4 nitrogen and oxygen atoms in total. The zero-order valence-electron chi connectivity index (χ0n) is 14.5. The molecule has 0 bridgehead atoms. The molecule has 6 heteroatoms. The molecule has 0 radical (unpaired) electrons. The van der Waals surface area contributed by atoms with E-state index in [9.17, 15) is 18.4 Å². The number of ketones is 1. The fraction of sp³-hybridized carbons (Fsp3) is 0.350. The fourth-order valence-electron chi connectivity index (χ4n) is 2.97. The summed E-state index contributed by atoms with van der Waals surface area (Å²) in [5.41, 5.74) is 1.45. The van der Waals surface area contributed by atoms with Crippen LogP contribution in [0.5, 0.6) is 0 Å². The van der Waals surface area contributed by atoms with Gasteiger partial charge < -0.3 is 5.32 Å². The smallest absolute Gasteiger partial charge is 0.217 e. The van der Waals surface area contributed by atoms with Crippen LogP contribution >= 0.6 is 0 Å². The summed E-state index contributed by atoms with van der Waals surface area (Å²) in [4.78, 5) is 27.3. The molecule has 1 aromatic carbocycles. The van der Waals surface area contributed by atoms with Crippen LogP contribution in [0.3, 0.4) is 0 Å². The Kier molecular flexibility index (Phi) is 5.40. The van der Waals surface area contributed by atoms with Crippen LogP contribution < -0.4 is 5.32 Å². The molecule has 1 saturated carbocycles. The first-order valence-corrected chi connectivity index (χ1v) is 8.64. The van der Waals surface area contributed by atoms with E-state index in [2.05, 4.69) is 10.3 Å². The van der Waals surface area contributed by atoms with E-state index in [0.717, 1.165) is 19.3 Å². The zero-order valence-corrected chi connectivity index (χ0v) is 14.5. The summed E-state index contributed by atoms with van der Waals surface area (Å²) in [5.74, 6) is -2.08. The van der Waals surface area contributed by atoms with E-state index in [0.29, 0.717) is 11.1 Å². The molecule has 0 spiro atoms. The Morgan fingerprint density at radius 2 is 1.85 bits per heavy atom. The van der Waals surface area contributed by atoms with Crippen molar-refractivity contribution in [3.63, 3.8) is 0 Å². The van der Waals surface area contributed by atoms with Gasteiger partial charge in [-0.05, 0) is 30.0 Å². The van der Waals surface area contributed by atoms with Gasteiger partial charge >= 0.3 is 0 Å². The van der Waals surface area contributed by atoms with Crippen molar-refractivity contribution in [1.82, 2.24) is 10.3 Å². The number of amides is 1. The molecule has 0 saturated heterocycles. The molecule has 1 amide bonds. The van der Waals surface area contributed by atoms with E-state index < -0.39 is 11.6 Å². The van der Waals surface area contributed by atoms with Crippen molar-refractivity contribution in [3.8, 4) is 0 Å². The zero-order chi connectivity index (χ0) is 18.7. The lowest BCUT2D eigenvalue weighted by Gasteiger charge is -2.23. The third kappa shape index (κ3) is 3.95. The number of pyridine rings is 1. The van der Waals surface area contributed by atoms with Gasteiger partial charge in [0, 0.05) is 49.3 Å². The molecule has 136 valence electrons. The molecule has 1 fully saturated rings. The van der Waals surface area contributed by atoms with E-state index in [1.165, 1.54) is 25.3 Å². The van der Waals surface area contributed by atoms with Gasteiger partial charge in [-0.15, -0.1) is 0 Å². The lowest BCUT2D eigenvalue weighted by atomic mass is 9.80. The number of aromatic nitrogens is 1. The quantitative estimate of drug-likeness (QED) is 0.803. The second-order valence-corrected chi connectivity index (χ2v) is 6.67. The number of nitrogens with zero attached hydrogens (tertiary/aromatic N) is 1. The van der Waals surface area contributed by atoms with Crippen LogP contribution in [0.4, 0.5) is 8.78 Å². The van der Waals surface area contributed by atoms with Gasteiger partial charge in [0.2, 0.25) is 5.91 Å². The predicted octanol–water partition coefficient (Wildman–Crippen LogP) is 3.57. The Morgan fingerprint density at radius 3 is 2.50 bits per heavy atom. The van der Waals surface area contributed by atoms with Gasteiger partial charge in [0.25, 0.3) is 0 Å². The summed E-state index contributed by atoms with van der Waals surface area (Å²) in [6.45, 7) is 1.25. The standard InChI is InChI=1S/C20H20F2N2O2/c1-12(25)24-11-16-6-5-15(18(21)19(16)22)7-13-8-17(10-23-9-13)20(26)14-3-2-4-14/h5-6,8-10,14H,2-4,7,11H2,1H3,(H,24,25). The molecule has 0 atom stereocenters. The third-order valence-corrected chi connectivity index (χ3v) is 4.72. The maximum atomic E-state index is 14.3. The number of nitrogens with one attached hydrogen (secondary N) is 1. The highest BCUT2D eigenvalue weighted by Gasteiger charge is 2.26. The van der Waals surface area contributed by atoms with Crippen LogP contribution in [-0.2, 0) is 17.8 Å². The minimum Gasteiger partial charge on any atom is -0.352 e. The SMILES string of the molecule is CC(=O)NCc1ccc(Cc2cncc(C(=O)C3CCC3)c2)c(F)c1F. The van der Waals surface area contributed by atoms with Gasteiger partial charge in [0.15, 0.2) is 17.4 Å². The molecule has 1 aliphatic carbocycles. The highest BCUT2D eigenvalue weighted by molar-refractivity contribution is 5.98. The topological polar surface area (TPSA) is 59.1 Å². The maximum Gasteiger partial charge on any atom is 0.217 e. The van der Waals surface area contributed by atoms with Crippen molar-refractivity contribution in [2.75, 3.05) is 0 Å². The van der Waals surface area contributed by atoms with E-state index >= 15 is 0 Å². The monoisotopic (exact) mass is 358 g/mol. The summed E-state index contributed by atoms with van der Waals surface area (Å²) in [5, 5.41) is 2.45. The molecule has 26 heavy (non-hydrogen) atoms. The molecule has 1 N–H and O–H groups in total. The number of hydrogen-bond donors (Lipinski definition) is 1. The van der Waals surface area contributed by atoms with Crippen LogP contribution in [0.15, 0.2) is 30.6 Å². The van der Waals surface area contributed by atoms with Gasteiger partial charge in [-0.25, -0.2) is 8.78 Å². The van der Waals surface area contributed by atoms with Gasteiger partial charge in [0.05, 0.1) is 0 Å². The number of carbonyl (C=O) groups is 2. The highest BCUT2D eigenvalue weighted by Crippen LogP contribution is 2.30. The Hall–Kier alpha value is -2.63. The van der Waals surface area contributed by atoms with Crippen LogP contribution in [0.1, 0.15) is 53.2 Å². The summed E-state index contributed by atoms with van der Waals surface area (Å²) >= 11 is 0. The highest BCUT2D eigenvalue weighted by atomic mass is 19.2. The summed E-state index contributed by atoms with van der Waals surface area (Å²) < 4.78 is 28.5. The largest absolute Gasteiger partial charge is 0.352 e. The van der Waals surface area contributed by atoms with Crippen LogP contribution in [0.2, 0.25) is 0 Å². The first-order chi connectivity index (χ1) is 12.5. The van der Waals surface area contributed by atoms with Crippen LogP contribution in [0.25, 0.3) is 0 Å². The predicted molar refractivity (Wildman–Crippen MR) is 92.6 cm³/mol. The number of halogens is 2. The van der Waals surface area contributed by atoms with E-state index in [4.69, 9.17) is 0 Å². The van der Waals surface area contributed by atoms with Crippen molar-refractivity contribution < 1.29 is 18.4 Å². The average molecular weight is 358 g/mol. The molecular formula is C20H20F2N2O2. The second kappa shape index (κ2) is 7.72. The van der Waals surface area contributed by atoms with E-state index in [1.807, 2.05) is 0 Å². The first-order valence-electron chi connectivity index (χ1n) is 8.64. The lowest BCUT2D eigenvalue weighted by molar-refractivity contribution is -0.119. The molecular weight excluding hydrogens is 338 g/mol. The van der Waals surface area contributed by atoms with Gasteiger partial charge in [-0.1, -0.05) is 18.6 Å². The van der Waals surface area contributed by atoms with E-state index in [1.54, 1.807) is 12.3 Å². The fourth-order valence-corrected chi connectivity index (χ4v) is 2.97. The van der Waals surface area contributed by atoms with Crippen LogP contribution in [-0.4, -0.2) is 16.7 Å². The van der Waals surface area contributed by atoms with Gasteiger partial charge in [-0.2, -0.15) is 0 Å². The lowest BCUT2D eigenvalue weighted by Crippen LogP contribution is -2.22. The first kappa shape index (κ1) is 18.2. The number of carbonyl (C=O) groups excluding carboxylic acids is 2. The molecule has 1 aliphatic rings. The number of rotatable bonds is 6. The minimum absolute atomic E-state index is 0.0642. The Bertz CT molecular complexity index is 848. The summed E-state index contributed by atoms with van der Waals surface area (Å²) in [6, 6.07) is 4.66. The second-order valence-electron chi connectivity index (χ2n) is 6.67. The molecule has 1 aromatic heterocycles. The Labute approximate surface area is 150 Å². The summed E-state index contributed by atoms with van der Waals surface area (Å²) in [7, 11) is 0. The Morgan fingerprint density at radius 1 is 1.15 bits per heavy atom. The van der Waals surface area contributed by atoms with Crippen LogP contribution in [0, 0.1) is 17.6 Å². The molecule has 0 aliphatic heterocycles. The van der Waals surface area contributed by atoms with Gasteiger partial charge in [-0.3, -0.25) is 14.6 Å². The van der Waals surface area contributed by atoms with Crippen molar-refractivity contribution in [1.29, 1.82) is 0 Å². The minimum atomic E-state index is -0.967. The van der Waals surface area contributed by atoms with Crippen molar-refractivity contribution in [2.45, 2.75) is 39.2 Å². The van der Waals surface area contributed by atoms with Gasteiger partial charge in [0.1, 0.15) is 0 Å². The molecule has 1 heterocycles. The average Bonchev–Trinajstić information content (AvgIpc) is 2.57. The normalized spacial score (nSPS) is 14.0. The maximum absolute atomic E-state index is 14.3. The number of Topliss-reactive ketones (excluding diaryl/α,β-unsaturated/α-hetero) is 1. The van der Waals surface area contributed by atoms with Crippen molar-refractivity contribution in [3.05, 3.63) is 64.5 Å². The number of hydrogen-bond acceptors (Lipinski definition) is 3. The van der Waals surface area contributed by atoms with E-state index in [-0.39, 0.29) is 41.7 Å². The third-order valence-electron chi connectivity index (χ3n) is 4.72. The molecule has 3 rings (SSSR count). The van der Waals surface area contributed by atoms with Crippen molar-refractivity contribution >= 4 is 11.7 Å². The summed E-state index contributed by atoms with van der Waals surface area (Å²) in [6.07, 6.45) is 6.09. The Balaban J connectivity index is 1.77. The molecule has 2 aromatic rings. The number of benzene rings is 1. The van der Waals surface area contributed by atoms with Crippen molar-refractivity contribution in [2.24, 2.45) is 5.92 Å².